The maximum Gasteiger partial charge on any atom is 0.118 e. The minimum atomic E-state index is -0.888. The summed E-state index contributed by atoms with van der Waals surface area (Å²) in [6.45, 7) is 6.67. The van der Waals surface area contributed by atoms with Crippen molar-refractivity contribution in [3.63, 3.8) is 0 Å². The molecule has 0 N–H and O–H groups in total. The molecule has 0 atom stereocenters. The lowest BCUT2D eigenvalue weighted by molar-refractivity contribution is 1.28. The smallest absolute Gasteiger partial charge is 0.0893 e. The molecule has 2 rings (SSSR count). The van der Waals surface area contributed by atoms with Crippen LogP contribution in [0.15, 0.2) is 35.7 Å². The molecule has 0 aliphatic carbocycles. The van der Waals surface area contributed by atoms with Gasteiger partial charge in [0.1, 0.15) is 8.80 Å². The van der Waals surface area contributed by atoms with Crippen LogP contribution in [-0.2, 0) is 0 Å². The molecule has 1 heteroatoms. The lowest BCUT2D eigenvalue weighted by Crippen LogP contribution is -2.28. The van der Waals surface area contributed by atoms with Crippen LogP contribution in [-0.4, -0.2) is 8.80 Å². The van der Waals surface area contributed by atoms with E-state index in [0.29, 0.717) is 0 Å². The molecule has 1 heterocycles. The molecule has 0 radical (unpaired) electrons. The average molecular weight is 200 g/mol. The van der Waals surface area contributed by atoms with Gasteiger partial charge < -0.3 is 0 Å². The zero-order valence-electron chi connectivity index (χ0n) is 9.04. The van der Waals surface area contributed by atoms with E-state index in [1.807, 2.05) is 0 Å². The molecule has 0 saturated heterocycles. The monoisotopic (exact) mass is 200 g/mol. The van der Waals surface area contributed by atoms with Gasteiger partial charge in [0.05, 0.1) is 0 Å². The van der Waals surface area contributed by atoms with E-state index in [-0.39, 0.29) is 0 Å². The summed E-state index contributed by atoms with van der Waals surface area (Å²) in [4.78, 5) is 0. The van der Waals surface area contributed by atoms with Crippen LogP contribution in [0.4, 0.5) is 0 Å². The van der Waals surface area contributed by atoms with E-state index in [1.165, 1.54) is 16.7 Å². The van der Waals surface area contributed by atoms with Crippen molar-refractivity contribution in [3.05, 3.63) is 52.4 Å². The Bertz CT molecular complexity index is 401. The van der Waals surface area contributed by atoms with Gasteiger partial charge in [-0.3, -0.25) is 0 Å². The van der Waals surface area contributed by atoms with Gasteiger partial charge >= 0.3 is 0 Å². The SMILES string of the molecule is Cc1ccc([SiH]2C=CC=C2)c(C)c1C. The molecule has 0 saturated carbocycles. The quantitative estimate of drug-likeness (QED) is 0.610. The first-order valence-corrected chi connectivity index (χ1v) is 7.03. The molecule has 0 unspecified atom stereocenters. The Balaban J connectivity index is 2.49. The number of hydrogen-bond donors (Lipinski definition) is 0. The highest BCUT2D eigenvalue weighted by Crippen LogP contribution is 2.12. The Hall–Kier alpha value is -1.08. The molecule has 1 aromatic rings. The number of allylic oxidation sites excluding steroid dienone is 2. The van der Waals surface area contributed by atoms with Gasteiger partial charge in [0, 0.05) is 0 Å². The fourth-order valence-electron chi connectivity index (χ4n) is 1.98. The highest BCUT2D eigenvalue weighted by molar-refractivity contribution is 6.83. The summed E-state index contributed by atoms with van der Waals surface area (Å²) in [7, 11) is -0.888. The van der Waals surface area contributed by atoms with Gasteiger partial charge in [-0.1, -0.05) is 40.9 Å². The molecular weight excluding hydrogens is 184 g/mol. The number of rotatable bonds is 1. The van der Waals surface area contributed by atoms with Crippen LogP contribution in [0.5, 0.6) is 0 Å². The topological polar surface area (TPSA) is 0 Å². The zero-order chi connectivity index (χ0) is 10.1. The molecule has 0 spiro atoms. The van der Waals surface area contributed by atoms with E-state index in [2.05, 4.69) is 56.5 Å². The third kappa shape index (κ3) is 1.48. The van der Waals surface area contributed by atoms with E-state index >= 15 is 0 Å². The third-order valence-electron chi connectivity index (χ3n) is 3.21. The Kier molecular flexibility index (Phi) is 2.42. The summed E-state index contributed by atoms with van der Waals surface area (Å²) in [6, 6.07) is 4.57. The molecule has 1 aliphatic heterocycles. The Labute approximate surface area is 87.6 Å². The summed E-state index contributed by atoms with van der Waals surface area (Å²) < 4.78 is 0. The van der Waals surface area contributed by atoms with E-state index in [9.17, 15) is 0 Å². The van der Waals surface area contributed by atoms with Gasteiger partial charge in [-0.25, -0.2) is 0 Å². The molecule has 0 fully saturated rings. The summed E-state index contributed by atoms with van der Waals surface area (Å²) in [6.07, 6.45) is 4.37. The molecule has 0 aromatic heterocycles. The normalized spacial score (nSPS) is 15.4. The van der Waals surface area contributed by atoms with Gasteiger partial charge in [-0.15, -0.1) is 0 Å². The van der Waals surface area contributed by atoms with Crippen molar-refractivity contribution in [1.29, 1.82) is 0 Å². The second-order valence-corrected chi connectivity index (χ2v) is 6.46. The highest BCUT2D eigenvalue weighted by atomic mass is 28.3. The van der Waals surface area contributed by atoms with Crippen molar-refractivity contribution in [3.8, 4) is 0 Å². The molecular formula is C13H16Si. The van der Waals surface area contributed by atoms with E-state index < -0.39 is 8.80 Å². The first kappa shape index (κ1) is 9.47. The molecule has 0 amide bonds. The van der Waals surface area contributed by atoms with Crippen molar-refractivity contribution >= 4 is 14.0 Å². The Morgan fingerprint density at radius 2 is 1.50 bits per heavy atom. The predicted molar refractivity (Wildman–Crippen MR) is 65.7 cm³/mol. The lowest BCUT2D eigenvalue weighted by Gasteiger charge is -2.13. The maximum absolute atomic E-state index is 2.39. The molecule has 1 aromatic carbocycles. The summed E-state index contributed by atoms with van der Waals surface area (Å²) in [5.41, 5.74) is 9.14. The Morgan fingerprint density at radius 1 is 0.857 bits per heavy atom. The largest absolute Gasteiger partial charge is 0.118 e. The molecule has 72 valence electrons. The maximum atomic E-state index is 2.39. The lowest BCUT2D eigenvalue weighted by atomic mass is 10.1. The van der Waals surface area contributed by atoms with Crippen LogP contribution in [0.25, 0.3) is 0 Å². The zero-order valence-corrected chi connectivity index (χ0v) is 10.2. The predicted octanol–water partition coefficient (Wildman–Crippen LogP) is 2.25. The van der Waals surface area contributed by atoms with E-state index in [1.54, 1.807) is 5.19 Å². The fraction of sp³-hybridized carbons (Fsp3) is 0.231. The van der Waals surface area contributed by atoms with Gasteiger partial charge in [-0.05, 0) is 37.5 Å². The van der Waals surface area contributed by atoms with Gasteiger partial charge in [0.2, 0.25) is 0 Å². The third-order valence-corrected chi connectivity index (χ3v) is 5.82. The van der Waals surface area contributed by atoms with Gasteiger partial charge in [-0.2, -0.15) is 0 Å². The fourth-order valence-corrected chi connectivity index (χ4v) is 4.29. The first-order valence-electron chi connectivity index (χ1n) is 5.12. The van der Waals surface area contributed by atoms with Crippen molar-refractivity contribution in [2.45, 2.75) is 20.8 Å². The van der Waals surface area contributed by atoms with Crippen molar-refractivity contribution in [2.24, 2.45) is 0 Å². The van der Waals surface area contributed by atoms with Crippen LogP contribution < -0.4 is 5.19 Å². The van der Waals surface area contributed by atoms with Crippen LogP contribution in [0.2, 0.25) is 0 Å². The minimum absolute atomic E-state index is 0.888. The van der Waals surface area contributed by atoms with Crippen LogP contribution in [0, 0.1) is 20.8 Å². The van der Waals surface area contributed by atoms with Crippen LogP contribution >= 0.6 is 0 Å². The number of hydrogen-bond acceptors (Lipinski definition) is 0. The second kappa shape index (κ2) is 3.58. The van der Waals surface area contributed by atoms with Crippen molar-refractivity contribution in [1.82, 2.24) is 0 Å². The summed E-state index contributed by atoms with van der Waals surface area (Å²) in [5, 5.41) is 1.58. The van der Waals surface area contributed by atoms with Crippen LogP contribution in [0.1, 0.15) is 16.7 Å². The molecule has 0 nitrogen and oxygen atoms in total. The Morgan fingerprint density at radius 3 is 2.14 bits per heavy atom. The van der Waals surface area contributed by atoms with Crippen molar-refractivity contribution in [2.75, 3.05) is 0 Å². The number of aryl methyl sites for hydroxylation is 1. The van der Waals surface area contributed by atoms with Gasteiger partial charge in [0.15, 0.2) is 0 Å². The summed E-state index contributed by atoms with van der Waals surface area (Å²) >= 11 is 0. The molecule has 14 heavy (non-hydrogen) atoms. The highest BCUT2D eigenvalue weighted by Gasteiger charge is 2.13. The molecule has 0 bridgehead atoms. The summed E-state index contributed by atoms with van der Waals surface area (Å²) in [5.74, 6) is 0. The number of benzene rings is 1. The average Bonchev–Trinajstić information content (AvgIpc) is 2.67. The second-order valence-electron chi connectivity index (χ2n) is 4.02. The molecule has 1 aliphatic rings. The first-order chi connectivity index (χ1) is 6.70. The van der Waals surface area contributed by atoms with E-state index in [4.69, 9.17) is 0 Å². The minimum Gasteiger partial charge on any atom is -0.0893 e. The van der Waals surface area contributed by atoms with Gasteiger partial charge in [0.25, 0.3) is 0 Å². The van der Waals surface area contributed by atoms with Crippen molar-refractivity contribution < 1.29 is 0 Å². The standard InChI is InChI=1S/C13H16Si/c1-10-6-7-13(12(3)11(10)2)14-8-4-5-9-14/h4-9,14H,1-3H3. The van der Waals surface area contributed by atoms with E-state index in [0.717, 1.165) is 0 Å². The van der Waals surface area contributed by atoms with Crippen LogP contribution in [0.3, 0.4) is 0 Å².